The molecule has 0 amide bonds. The molecule has 0 aliphatic carbocycles. The van der Waals surface area contributed by atoms with Crippen molar-refractivity contribution in [3.63, 3.8) is 0 Å². The molecule has 0 saturated heterocycles. The van der Waals surface area contributed by atoms with Gasteiger partial charge in [-0.05, 0) is 26.0 Å². The molecule has 0 N–H and O–H groups in total. The van der Waals surface area contributed by atoms with Gasteiger partial charge in [0.1, 0.15) is 5.75 Å². The summed E-state index contributed by atoms with van der Waals surface area (Å²) >= 11 is 0. The van der Waals surface area contributed by atoms with Crippen molar-refractivity contribution in [1.82, 2.24) is 0 Å². The molecule has 0 atom stereocenters. The fourth-order valence-corrected chi connectivity index (χ4v) is 0.674. The molecule has 0 spiro atoms. The molecule has 2 heteroatoms. The number of ether oxygens (including phenoxy) is 2. The number of hydrogen-bond donors (Lipinski definition) is 0. The summed E-state index contributed by atoms with van der Waals surface area (Å²) in [4.78, 5) is 0. The van der Waals surface area contributed by atoms with E-state index in [1.165, 1.54) is 5.56 Å². The predicted octanol–water partition coefficient (Wildman–Crippen LogP) is 2.66. The van der Waals surface area contributed by atoms with Gasteiger partial charge in [-0.2, -0.15) is 0 Å². The molecule has 0 radical (unpaired) electrons. The van der Waals surface area contributed by atoms with Crippen LogP contribution in [0.5, 0.6) is 5.75 Å². The Morgan fingerprint density at radius 1 is 1.08 bits per heavy atom. The minimum atomic E-state index is 0.819. The smallest absolute Gasteiger partial charge is 0.118 e. The van der Waals surface area contributed by atoms with Crippen LogP contribution in [0.25, 0.3) is 0 Å². The lowest BCUT2D eigenvalue weighted by molar-refractivity contribution is 0.215. The first-order valence-electron chi connectivity index (χ1n) is 4.34. The van der Waals surface area contributed by atoms with Gasteiger partial charge in [-0.1, -0.05) is 17.7 Å². The Morgan fingerprint density at radius 2 is 1.54 bits per heavy atom. The van der Waals surface area contributed by atoms with Crippen LogP contribution < -0.4 is 4.74 Å². The van der Waals surface area contributed by atoms with Gasteiger partial charge in [-0.3, -0.25) is 0 Å². The zero-order chi connectivity index (χ0) is 10.1. The van der Waals surface area contributed by atoms with Crippen LogP contribution in [-0.2, 0) is 4.74 Å². The third kappa shape index (κ3) is 6.17. The van der Waals surface area contributed by atoms with Gasteiger partial charge in [0.2, 0.25) is 0 Å². The van der Waals surface area contributed by atoms with Crippen LogP contribution in [-0.4, -0.2) is 20.8 Å². The Kier molecular flexibility index (Phi) is 7.02. The average Bonchev–Trinajstić information content (AvgIpc) is 2.19. The highest BCUT2D eigenvalue weighted by Crippen LogP contribution is 2.09. The van der Waals surface area contributed by atoms with E-state index in [4.69, 9.17) is 4.74 Å². The SMILES string of the molecule is CCOC.COc1ccc(C)cc1. The van der Waals surface area contributed by atoms with Crippen molar-refractivity contribution >= 4 is 0 Å². The van der Waals surface area contributed by atoms with E-state index in [0.29, 0.717) is 0 Å². The first-order chi connectivity index (χ1) is 6.24. The quantitative estimate of drug-likeness (QED) is 0.700. The molecule has 1 aromatic carbocycles. The fourth-order valence-electron chi connectivity index (χ4n) is 0.674. The van der Waals surface area contributed by atoms with E-state index in [9.17, 15) is 0 Å². The van der Waals surface area contributed by atoms with Crippen molar-refractivity contribution in [1.29, 1.82) is 0 Å². The van der Waals surface area contributed by atoms with Gasteiger partial charge in [0.15, 0.2) is 0 Å². The monoisotopic (exact) mass is 182 g/mol. The highest BCUT2D eigenvalue weighted by Gasteiger charge is 1.85. The molecule has 0 aliphatic heterocycles. The lowest BCUT2D eigenvalue weighted by Crippen LogP contribution is -1.80. The van der Waals surface area contributed by atoms with E-state index in [1.807, 2.05) is 31.2 Å². The molecular weight excluding hydrogens is 164 g/mol. The first-order valence-corrected chi connectivity index (χ1v) is 4.34. The number of benzene rings is 1. The maximum atomic E-state index is 4.97. The highest BCUT2D eigenvalue weighted by atomic mass is 16.5. The van der Waals surface area contributed by atoms with Gasteiger partial charge in [0.25, 0.3) is 0 Å². The topological polar surface area (TPSA) is 18.5 Å². The lowest BCUT2D eigenvalue weighted by Gasteiger charge is -1.97. The zero-order valence-electron chi connectivity index (χ0n) is 8.83. The van der Waals surface area contributed by atoms with Gasteiger partial charge >= 0.3 is 0 Å². The van der Waals surface area contributed by atoms with Crippen molar-refractivity contribution < 1.29 is 9.47 Å². The van der Waals surface area contributed by atoms with Gasteiger partial charge in [-0.15, -0.1) is 0 Å². The Morgan fingerprint density at radius 3 is 1.85 bits per heavy atom. The van der Waals surface area contributed by atoms with Crippen molar-refractivity contribution in [3.8, 4) is 5.75 Å². The second kappa shape index (κ2) is 7.62. The molecule has 2 nitrogen and oxygen atoms in total. The van der Waals surface area contributed by atoms with Crippen molar-refractivity contribution in [2.45, 2.75) is 13.8 Å². The summed E-state index contributed by atoms with van der Waals surface area (Å²) in [5, 5.41) is 0. The van der Waals surface area contributed by atoms with Crippen LogP contribution in [0.15, 0.2) is 24.3 Å². The van der Waals surface area contributed by atoms with E-state index < -0.39 is 0 Å². The standard InChI is InChI=1S/C8H10O.C3H8O/c1-7-3-5-8(9-2)6-4-7;1-3-4-2/h3-6H,1-2H3;3H2,1-2H3. The van der Waals surface area contributed by atoms with E-state index in [0.717, 1.165) is 12.4 Å². The molecule has 0 aliphatic rings. The molecule has 0 aromatic heterocycles. The summed E-state index contributed by atoms with van der Waals surface area (Å²) in [7, 11) is 3.35. The Bertz CT molecular complexity index is 202. The third-order valence-corrected chi connectivity index (χ3v) is 1.55. The largest absolute Gasteiger partial charge is 0.497 e. The molecule has 0 heterocycles. The maximum Gasteiger partial charge on any atom is 0.118 e. The number of rotatable bonds is 2. The van der Waals surface area contributed by atoms with Crippen molar-refractivity contribution in [2.24, 2.45) is 0 Å². The van der Waals surface area contributed by atoms with E-state index in [1.54, 1.807) is 14.2 Å². The molecule has 1 aromatic rings. The minimum Gasteiger partial charge on any atom is -0.497 e. The lowest BCUT2D eigenvalue weighted by atomic mass is 10.2. The minimum absolute atomic E-state index is 0.819. The van der Waals surface area contributed by atoms with Gasteiger partial charge in [0.05, 0.1) is 7.11 Å². The third-order valence-electron chi connectivity index (χ3n) is 1.55. The molecule has 1 rings (SSSR count). The second-order valence-electron chi connectivity index (χ2n) is 2.59. The van der Waals surface area contributed by atoms with E-state index in [-0.39, 0.29) is 0 Å². The Labute approximate surface area is 80.5 Å². The van der Waals surface area contributed by atoms with Crippen molar-refractivity contribution in [2.75, 3.05) is 20.8 Å². The molecule has 0 saturated carbocycles. The van der Waals surface area contributed by atoms with Gasteiger partial charge < -0.3 is 9.47 Å². The Balaban J connectivity index is 0.000000310. The number of aryl methyl sites for hydroxylation is 1. The van der Waals surface area contributed by atoms with Crippen molar-refractivity contribution in [3.05, 3.63) is 29.8 Å². The van der Waals surface area contributed by atoms with Crippen LogP contribution in [0, 0.1) is 6.92 Å². The highest BCUT2D eigenvalue weighted by molar-refractivity contribution is 5.25. The zero-order valence-corrected chi connectivity index (χ0v) is 8.83. The van der Waals surface area contributed by atoms with Gasteiger partial charge in [-0.25, -0.2) is 0 Å². The first kappa shape index (κ1) is 12.0. The van der Waals surface area contributed by atoms with Crippen LogP contribution >= 0.6 is 0 Å². The molecule has 0 fully saturated rings. The summed E-state index contributed by atoms with van der Waals surface area (Å²) in [6, 6.07) is 7.96. The van der Waals surface area contributed by atoms with Crippen LogP contribution in [0.1, 0.15) is 12.5 Å². The molecule has 0 unspecified atom stereocenters. The average molecular weight is 182 g/mol. The van der Waals surface area contributed by atoms with Gasteiger partial charge in [0, 0.05) is 13.7 Å². The number of methoxy groups -OCH3 is 2. The molecule has 74 valence electrons. The molecule has 13 heavy (non-hydrogen) atoms. The van der Waals surface area contributed by atoms with Crippen LogP contribution in [0.2, 0.25) is 0 Å². The number of hydrogen-bond acceptors (Lipinski definition) is 2. The summed E-state index contributed by atoms with van der Waals surface area (Å²) < 4.78 is 9.51. The summed E-state index contributed by atoms with van der Waals surface area (Å²) in [6.07, 6.45) is 0. The van der Waals surface area contributed by atoms with Crippen LogP contribution in [0.4, 0.5) is 0 Å². The summed E-state index contributed by atoms with van der Waals surface area (Å²) in [5.41, 5.74) is 1.26. The second-order valence-corrected chi connectivity index (χ2v) is 2.59. The summed E-state index contributed by atoms with van der Waals surface area (Å²) in [6.45, 7) is 4.83. The molecular formula is C11H18O2. The van der Waals surface area contributed by atoms with E-state index >= 15 is 0 Å². The summed E-state index contributed by atoms with van der Waals surface area (Å²) in [5.74, 6) is 0.917. The molecule has 0 bridgehead atoms. The Hall–Kier alpha value is -1.02. The van der Waals surface area contributed by atoms with E-state index in [2.05, 4.69) is 11.7 Å². The maximum absolute atomic E-state index is 4.97. The fraction of sp³-hybridized carbons (Fsp3) is 0.455. The normalized spacial score (nSPS) is 8.62. The van der Waals surface area contributed by atoms with Crippen LogP contribution in [0.3, 0.4) is 0 Å². The predicted molar refractivity (Wildman–Crippen MR) is 55.3 cm³/mol.